The van der Waals surface area contributed by atoms with E-state index in [1.165, 1.54) is 4.90 Å². The maximum absolute atomic E-state index is 11.6. The minimum Gasteiger partial charge on any atom is -0.403 e. The molecule has 1 aromatic carbocycles. The van der Waals surface area contributed by atoms with Crippen molar-refractivity contribution in [1.29, 1.82) is 0 Å². The van der Waals surface area contributed by atoms with Crippen LogP contribution in [0.25, 0.3) is 11.5 Å². The van der Waals surface area contributed by atoms with E-state index in [1.54, 1.807) is 11.8 Å². The van der Waals surface area contributed by atoms with Gasteiger partial charge >= 0.3 is 6.01 Å². The lowest BCUT2D eigenvalue weighted by atomic mass is 10.2. The van der Waals surface area contributed by atoms with Crippen molar-refractivity contribution in [3.63, 3.8) is 0 Å². The highest BCUT2D eigenvalue weighted by Crippen LogP contribution is 2.30. The average Bonchev–Trinajstić information content (AvgIpc) is 3.20. The largest absolute Gasteiger partial charge is 0.403 e. The molecule has 0 atom stereocenters. The highest BCUT2D eigenvalue weighted by molar-refractivity contribution is 7.99. The number of thioether (sulfide) groups is 1. The van der Waals surface area contributed by atoms with Gasteiger partial charge < -0.3 is 4.42 Å². The lowest BCUT2D eigenvalue weighted by molar-refractivity contribution is -0.117. The number of carbonyl (C=O) groups is 1. The predicted octanol–water partition coefficient (Wildman–Crippen LogP) is 3.59. The Labute approximate surface area is 127 Å². The number of hydrogen-bond donors (Lipinski definition) is 1. The van der Waals surface area contributed by atoms with Gasteiger partial charge in [0.2, 0.25) is 11.8 Å². The summed E-state index contributed by atoms with van der Waals surface area (Å²) in [4.78, 5) is 12.8. The monoisotopic (exact) mass is 303 g/mol. The van der Waals surface area contributed by atoms with E-state index in [4.69, 9.17) is 4.42 Å². The first kappa shape index (κ1) is 14.1. The summed E-state index contributed by atoms with van der Waals surface area (Å²) in [7, 11) is 0. The molecule has 0 unspecified atom stereocenters. The minimum absolute atomic E-state index is 0.0334. The van der Waals surface area contributed by atoms with Crippen LogP contribution in [0.3, 0.4) is 0 Å². The Morgan fingerprint density at radius 1 is 1.29 bits per heavy atom. The van der Waals surface area contributed by atoms with Gasteiger partial charge in [-0.3, -0.25) is 10.1 Å². The van der Waals surface area contributed by atoms with Gasteiger partial charge in [-0.05, 0) is 37.1 Å². The molecule has 3 rings (SSSR count). The molecule has 0 saturated heterocycles. The second-order valence-electron chi connectivity index (χ2n) is 5.37. The molecule has 0 aliphatic heterocycles. The van der Waals surface area contributed by atoms with Crippen LogP contribution in [0, 0.1) is 5.92 Å². The molecule has 6 heteroatoms. The fraction of sp³-hybridized carbons (Fsp3) is 0.400. The van der Waals surface area contributed by atoms with Crippen LogP contribution in [-0.2, 0) is 4.79 Å². The number of benzene rings is 1. The van der Waals surface area contributed by atoms with Crippen molar-refractivity contribution in [2.24, 2.45) is 5.92 Å². The molecular formula is C15H17N3O2S. The third kappa shape index (κ3) is 3.64. The second-order valence-corrected chi connectivity index (χ2v) is 7.02. The lowest BCUT2D eigenvalue weighted by Gasteiger charge is -2.04. The summed E-state index contributed by atoms with van der Waals surface area (Å²) in [6.07, 6.45) is 1.89. The number of rotatable bonds is 5. The zero-order chi connectivity index (χ0) is 14.8. The molecule has 1 N–H and O–H groups in total. The molecule has 2 aromatic rings. The van der Waals surface area contributed by atoms with E-state index in [2.05, 4.69) is 29.4 Å². The van der Waals surface area contributed by atoms with Gasteiger partial charge in [-0.25, -0.2) is 0 Å². The summed E-state index contributed by atoms with van der Waals surface area (Å²) in [6.45, 7) is 4.32. The van der Waals surface area contributed by atoms with E-state index < -0.39 is 0 Å². The molecule has 1 heterocycles. The van der Waals surface area contributed by atoms with Crippen molar-refractivity contribution in [3.8, 4) is 11.5 Å². The maximum Gasteiger partial charge on any atom is 0.322 e. The topological polar surface area (TPSA) is 68.0 Å². The van der Waals surface area contributed by atoms with Crippen molar-refractivity contribution in [2.75, 3.05) is 5.32 Å². The second kappa shape index (κ2) is 5.89. The smallest absolute Gasteiger partial charge is 0.322 e. The molecule has 1 saturated carbocycles. The number of nitrogens with one attached hydrogen (secondary N) is 1. The molecule has 0 bridgehead atoms. The number of nitrogens with zero attached hydrogens (tertiary/aromatic N) is 2. The first-order valence-corrected chi connectivity index (χ1v) is 7.91. The fourth-order valence-corrected chi connectivity index (χ4v) is 2.73. The summed E-state index contributed by atoms with van der Waals surface area (Å²) in [5, 5.41) is 11.0. The number of anilines is 1. The first-order chi connectivity index (χ1) is 10.1. The number of hydrogen-bond acceptors (Lipinski definition) is 5. The van der Waals surface area contributed by atoms with Crippen molar-refractivity contribution >= 4 is 23.7 Å². The Bertz CT molecular complexity index is 633. The van der Waals surface area contributed by atoms with Gasteiger partial charge in [-0.15, -0.1) is 16.9 Å². The van der Waals surface area contributed by atoms with E-state index in [1.807, 2.05) is 24.3 Å². The van der Waals surface area contributed by atoms with Gasteiger partial charge in [-0.2, -0.15) is 0 Å². The summed E-state index contributed by atoms with van der Waals surface area (Å²) in [5.74, 6) is 0.503. The molecule has 1 aliphatic carbocycles. The normalized spacial score (nSPS) is 14.4. The van der Waals surface area contributed by atoms with Gasteiger partial charge in [0.25, 0.3) is 0 Å². The van der Waals surface area contributed by atoms with Gasteiger partial charge in [0.15, 0.2) is 0 Å². The van der Waals surface area contributed by atoms with E-state index in [-0.39, 0.29) is 17.8 Å². The number of amides is 1. The Hall–Kier alpha value is -1.82. The fourth-order valence-electron chi connectivity index (χ4n) is 1.89. The summed E-state index contributed by atoms with van der Waals surface area (Å²) in [5.41, 5.74) is 0.850. The van der Waals surface area contributed by atoms with Gasteiger partial charge in [-0.1, -0.05) is 18.9 Å². The third-order valence-corrected chi connectivity index (χ3v) is 4.09. The molecule has 1 fully saturated rings. The first-order valence-electron chi connectivity index (χ1n) is 7.03. The molecular weight excluding hydrogens is 286 g/mol. The predicted molar refractivity (Wildman–Crippen MR) is 82.1 cm³/mol. The molecule has 110 valence electrons. The zero-order valence-electron chi connectivity index (χ0n) is 12.0. The SMILES string of the molecule is CC(C)Sc1ccc(-c2nnc(NC(=O)C3CC3)o2)cc1. The molecule has 0 radical (unpaired) electrons. The average molecular weight is 303 g/mol. The Kier molecular flexibility index (Phi) is 3.96. The summed E-state index contributed by atoms with van der Waals surface area (Å²) >= 11 is 1.80. The third-order valence-electron chi connectivity index (χ3n) is 3.08. The molecule has 21 heavy (non-hydrogen) atoms. The molecule has 1 amide bonds. The van der Waals surface area contributed by atoms with Crippen LogP contribution in [0.1, 0.15) is 26.7 Å². The standard InChI is InChI=1S/C15H17N3O2S/c1-9(2)21-12-7-5-11(6-8-12)14-17-18-15(20-14)16-13(19)10-3-4-10/h5-10H,3-4H2,1-2H3,(H,16,18,19). The van der Waals surface area contributed by atoms with E-state index in [0.717, 1.165) is 18.4 Å². The van der Waals surface area contributed by atoms with Crippen molar-refractivity contribution < 1.29 is 9.21 Å². The Balaban J connectivity index is 1.68. The molecule has 1 aliphatic rings. The van der Waals surface area contributed by atoms with Crippen LogP contribution in [0.15, 0.2) is 33.6 Å². The van der Waals surface area contributed by atoms with E-state index in [9.17, 15) is 4.79 Å². The number of aromatic nitrogens is 2. The van der Waals surface area contributed by atoms with Gasteiger partial charge in [0.05, 0.1) is 0 Å². The van der Waals surface area contributed by atoms with Crippen molar-refractivity contribution in [3.05, 3.63) is 24.3 Å². The minimum atomic E-state index is -0.0334. The molecule has 0 spiro atoms. The van der Waals surface area contributed by atoms with E-state index in [0.29, 0.717) is 11.1 Å². The lowest BCUT2D eigenvalue weighted by Crippen LogP contribution is -2.13. The van der Waals surface area contributed by atoms with Gasteiger partial charge in [0, 0.05) is 21.6 Å². The van der Waals surface area contributed by atoms with Crippen molar-refractivity contribution in [2.45, 2.75) is 36.8 Å². The highest BCUT2D eigenvalue weighted by Gasteiger charge is 2.30. The van der Waals surface area contributed by atoms with Crippen LogP contribution in [-0.4, -0.2) is 21.4 Å². The highest BCUT2D eigenvalue weighted by atomic mass is 32.2. The van der Waals surface area contributed by atoms with E-state index >= 15 is 0 Å². The van der Waals surface area contributed by atoms with Crippen LogP contribution >= 0.6 is 11.8 Å². The van der Waals surface area contributed by atoms with Crippen LogP contribution in [0.5, 0.6) is 0 Å². The summed E-state index contributed by atoms with van der Waals surface area (Å²) < 4.78 is 5.48. The van der Waals surface area contributed by atoms with Gasteiger partial charge in [0.1, 0.15) is 0 Å². The quantitative estimate of drug-likeness (QED) is 0.855. The number of carbonyl (C=O) groups excluding carboxylic acids is 1. The van der Waals surface area contributed by atoms with Crippen LogP contribution in [0.4, 0.5) is 6.01 Å². The zero-order valence-corrected chi connectivity index (χ0v) is 12.8. The molecule has 5 nitrogen and oxygen atoms in total. The van der Waals surface area contributed by atoms with Crippen LogP contribution < -0.4 is 5.32 Å². The Morgan fingerprint density at radius 3 is 2.62 bits per heavy atom. The maximum atomic E-state index is 11.6. The van der Waals surface area contributed by atoms with Crippen molar-refractivity contribution in [1.82, 2.24) is 10.2 Å². The Morgan fingerprint density at radius 2 is 2.00 bits per heavy atom. The summed E-state index contributed by atoms with van der Waals surface area (Å²) in [6, 6.07) is 8.14. The molecule has 1 aromatic heterocycles. The van der Waals surface area contributed by atoms with Crippen LogP contribution in [0.2, 0.25) is 0 Å².